The van der Waals surface area contributed by atoms with Gasteiger partial charge in [0.05, 0.1) is 22.0 Å². The Bertz CT molecular complexity index is 1680. The Morgan fingerprint density at radius 1 is 1.02 bits per heavy atom. The predicted molar refractivity (Wildman–Crippen MR) is 131 cm³/mol. The maximum absolute atomic E-state index is 14.0. The van der Waals surface area contributed by atoms with E-state index in [4.69, 9.17) is 0 Å². The third kappa shape index (κ3) is 4.71. The molecule has 2 saturated carbocycles. The Morgan fingerprint density at radius 2 is 1.68 bits per heavy atom. The van der Waals surface area contributed by atoms with Gasteiger partial charge in [-0.2, -0.15) is 26.3 Å². The van der Waals surface area contributed by atoms with Crippen LogP contribution in [0.3, 0.4) is 0 Å². The zero-order chi connectivity index (χ0) is 32.7. The summed E-state index contributed by atoms with van der Waals surface area (Å²) in [5.41, 5.74) is -7.26. The summed E-state index contributed by atoms with van der Waals surface area (Å²) in [7, 11) is 0. The number of nitrogens with one attached hydrogen (secondary N) is 1. The molecule has 0 aliphatic heterocycles. The fraction of sp³-hybridized carbons (Fsp3) is 0.370. The molecule has 3 N–H and O–H groups in total. The number of aliphatic hydroxyl groups is 1. The van der Waals surface area contributed by atoms with Crippen molar-refractivity contribution >= 4 is 34.7 Å². The highest BCUT2D eigenvalue weighted by molar-refractivity contribution is 6.31. The first kappa shape index (κ1) is 30.8. The largest absolute Gasteiger partial charge is 0.507 e. The maximum atomic E-state index is 14.0. The molecule has 3 aliphatic carbocycles. The van der Waals surface area contributed by atoms with Gasteiger partial charge in [-0.1, -0.05) is 12.1 Å². The molecule has 0 bridgehead atoms. The number of fused-ring (bicyclic) bond motifs is 3. The summed E-state index contributed by atoms with van der Waals surface area (Å²) in [4.78, 5) is 75.8. The van der Waals surface area contributed by atoms with Crippen LogP contribution in [0.15, 0.2) is 30.3 Å². The molecule has 2 unspecified atom stereocenters. The second-order valence-corrected chi connectivity index (χ2v) is 10.8. The zero-order valence-corrected chi connectivity index (χ0v) is 21.8. The lowest BCUT2D eigenvalue weighted by Crippen LogP contribution is -2.68. The highest BCUT2D eigenvalue weighted by Crippen LogP contribution is 2.53. The number of aromatic hydroxyl groups is 1. The number of nitrogens with zero attached hydrogens (tertiary/aromatic N) is 1. The smallest absolute Gasteiger partial charge is 0.484 e. The fourth-order valence-corrected chi connectivity index (χ4v) is 6.48. The number of hydrogen-bond acceptors (Lipinski definition) is 9. The molecule has 1 amide bonds. The van der Waals surface area contributed by atoms with Crippen molar-refractivity contribution in [2.24, 2.45) is 23.7 Å². The van der Waals surface area contributed by atoms with Gasteiger partial charge in [0, 0.05) is 24.5 Å². The molecule has 11 nitrogen and oxygen atoms in total. The Morgan fingerprint density at radius 3 is 2.27 bits per heavy atom. The average molecular weight is 628 g/mol. The van der Waals surface area contributed by atoms with E-state index in [1.807, 2.05) is 0 Å². The van der Waals surface area contributed by atoms with Crippen LogP contribution in [0.5, 0.6) is 5.75 Å². The number of carbonyl (C=O) groups is 5. The monoisotopic (exact) mass is 628 g/mol. The molecular weight excluding hydrogens is 610 g/mol. The van der Waals surface area contributed by atoms with Crippen molar-refractivity contribution in [1.29, 1.82) is 0 Å². The van der Waals surface area contributed by atoms with Gasteiger partial charge in [0.2, 0.25) is 5.91 Å². The van der Waals surface area contributed by atoms with Crippen LogP contribution in [0.4, 0.5) is 32.0 Å². The van der Waals surface area contributed by atoms with Gasteiger partial charge in [0.15, 0.2) is 34.7 Å². The number of non-ortho nitro benzene ring substituents is 1. The molecule has 0 aromatic heterocycles. The number of benzene rings is 2. The molecular formula is C27H18F6N2O9. The standard InChI is InChI=1S/C27H18F6N2O9/c28-26(29,30)15-8-13(9-2-1-3-12(5-9)35(43)44)14-6-10-4-11-7-16(36)19(24(41)34-27(31,32)33)23(40)25(11,42)22(39)17(10)21(38)18(14)20(15)37/h1-3,5,8,10-11,17,19,37,42H,4,6-7H2,(H,34,41)/t10-,11+,17?,19?,25+/m1/s1. The number of carbonyl (C=O) groups excluding carboxylic acids is 5. The minimum atomic E-state index is -5.38. The van der Waals surface area contributed by atoms with E-state index in [0.717, 1.165) is 12.1 Å². The number of rotatable bonds is 3. The van der Waals surface area contributed by atoms with E-state index in [2.05, 4.69) is 0 Å². The molecule has 2 fully saturated rings. The molecule has 0 heterocycles. The van der Waals surface area contributed by atoms with Crippen molar-refractivity contribution < 1.29 is 65.5 Å². The van der Waals surface area contributed by atoms with Crippen LogP contribution in [-0.4, -0.2) is 56.1 Å². The number of nitro benzene ring substituents is 1. The molecule has 44 heavy (non-hydrogen) atoms. The predicted octanol–water partition coefficient (Wildman–Crippen LogP) is 3.07. The van der Waals surface area contributed by atoms with Crippen LogP contribution in [-0.2, 0) is 31.8 Å². The van der Waals surface area contributed by atoms with E-state index in [1.54, 1.807) is 0 Å². The molecule has 2 aromatic rings. The molecule has 0 radical (unpaired) electrons. The van der Waals surface area contributed by atoms with E-state index in [9.17, 15) is 70.6 Å². The number of halogens is 6. The fourth-order valence-electron chi connectivity index (χ4n) is 6.48. The molecule has 5 rings (SSSR count). The maximum Gasteiger partial charge on any atom is 0.484 e. The second kappa shape index (κ2) is 9.93. The highest BCUT2D eigenvalue weighted by atomic mass is 19.4. The summed E-state index contributed by atoms with van der Waals surface area (Å²) in [5.74, 6) is -17.7. The lowest BCUT2D eigenvalue weighted by molar-refractivity contribution is -0.384. The Balaban J connectivity index is 1.64. The summed E-state index contributed by atoms with van der Waals surface area (Å²) in [5, 5.41) is 33.7. The normalized spacial score (nSPS) is 26.9. The molecule has 232 valence electrons. The van der Waals surface area contributed by atoms with Gasteiger partial charge in [0.25, 0.3) is 5.69 Å². The van der Waals surface area contributed by atoms with Gasteiger partial charge in [-0.15, -0.1) is 0 Å². The summed E-state index contributed by atoms with van der Waals surface area (Å²) in [6.07, 6.45) is -12.5. The summed E-state index contributed by atoms with van der Waals surface area (Å²) in [6, 6.07) is 4.86. The van der Waals surface area contributed by atoms with Gasteiger partial charge >= 0.3 is 12.5 Å². The van der Waals surface area contributed by atoms with Crippen LogP contribution in [0, 0.1) is 33.8 Å². The van der Waals surface area contributed by atoms with Crippen LogP contribution in [0.2, 0.25) is 0 Å². The summed E-state index contributed by atoms with van der Waals surface area (Å²) >= 11 is 0. The van der Waals surface area contributed by atoms with Gasteiger partial charge in [-0.3, -0.25) is 39.4 Å². The Labute approximate surface area is 241 Å². The molecule has 3 aliphatic rings. The van der Waals surface area contributed by atoms with E-state index < -0.39 is 118 Å². The molecule has 17 heteroatoms. The molecule has 2 aromatic carbocycles. The Hall–Kier alpha value is -4.67. The van der Waals surface area contributed by atoms with Gasteiger partial charge in [-0.05, 0) is 41.5 Å². The first-order valence-electron chi connectivity index (χ1n) is 12.7. The zero-order valence-electron chi connectivity index (χ0n) is 21.8. The van der Waals surface area contributed by atoms with Gasteiger partial charge < -0.3 is 10.2 Å². The number of alkyl halides is 6. The molecule has 5 atom stereocenters. The second-order valence-electron chi connectivity index (χ2n) is 10.8. The number of ketones is 4. The lowest BCUT2D eigenvalue weighted by Gasteiger charge is -2.48. The van der Waals surface area contributed by atoms with Crippen LogP contribution >= 0.6 is 0 Å². The van der Waals surface area contributed by atoms with Crippen LogP contribution in [0.25, 0.3) is 11.1 Å². The minimum absolute atomic E-state index is 0.146. The van der Waals surface area contributed by atoms with Gasteiger partial charge in [-0.25, -0.2) is 0 Å². The topological polar surface area (TPSA) is 181 Å². The van der Waals surface area contributed by atoms with Crippen molar-refractivity contribution in [3.8, 4) is 16.9 Å². The van der Waals surface area contributed by atoms with E-state index >= 15 is 0 Å². The van der Waals surface area contributed by atoms with E-state index in [-0.39, 0.29) is 16.7 Å². The highest BCUT2D eigenvalue weighted by Gasteiger charge is 2.66. The third-order valence-corrected chi connectivity index (χ3v) is 8.32. The van der Waals surface area contributed by atoms with Crippen LogP contribution < -0.4 is 5.32 Å². The third-order valence-electron chi connectivity index (χ3n) is 8.32. The van der Waals surface area contributed by atoms with Crippen LogP contribution in [0.1, 0.15) is 34.3 Å². The molecule has 0 spiro atoms. The van der Waals surface area contributed by atoms with E-state index in [0.29, 0.717) is 11.4 Å². The Kier molecular flexibility index (Phi) is 6.95. The SMILES string of the molecule is O=C1C[C@@H]2C[C@@H]3Cc4c(-c5cccc([N+](=O)[O-])c5)cc(C(F)(F)F)c(O)c4C(=O)C3C(=O)[C@]2(O)C(=O)C1C(=O)NC(F)(F)F. The number of Topliss-reactive ketones (excluding diaryl/α,β-unsaturated/α-hetero) is 4. The van der Waals surface area contributed by atoms with Crippen molar-refractivity contribution in [2.75, 3.05) is 0 Å². The van der Waals surface area contributed by atoms with Crippen molar-refractivity contribution in [3.63, 3.8) is 0 Å². The number of hydrogen-bond donors (Lipinski definition) is 3. The quantitative estimate of drug-likeness (QED) is 0.151. The number of nitro groups is 1. The average Bonchev–Trinajstić information content (AvgIpc) is 2.89. The molecule has 0 saturated heterocycles. The number of phenols is 1. The number of amides is 1. The summed E-state index contributed by atoms with van der Waals surface area (Å²) < 4.78 is 80.2. The lowest BCUT2D eigenvalue weighted by atomic mass is 9.53. The summed E-state index contributed by atoms with van der Waals surface area (Å²) in [6.45, 7) is 0. The van der Waals surface area contributed by atoms with Crippen molar-refractivity contribution in [2.45, 2.75) is 37.3 Å². The van der Waals surface area contributed by atoms with E-state index in [1.165, 1.54) is 12.1 Å². The number of phenolic OH excluding ortho intramolecular Hbond substituents is 1. The van der Waals surface area contributed by atoms with Crippen molar-refractivity contribution in [1.82, 2.24) is 5.32 Å². The first-order valence-corrected chi connectivity index (χ1v) is 12.7. The van der Waals surface area contributed by atoms with Gasteiger partial charge in [0.1, 0.15) is 5.75 Å². The van der Waals surface area contributed by atoms with Crippen molar-refractivity contribution in [3.05, 3.63) is 57.1 Å². The first-order chi connectivity index (χ1) is 20.3. The minimum Gasteiger partial charge on any atom is -0.507 e.